The van der Waals surface area contributed by atoms with Gasteiger partial charge in [-0.1, -0.05) is 64.5 Å². The summed E-state index contributed by atoms with van der Waals surface area (Å²) >= 11 is 3.59. The Balaban J connectivity index is 1.76. The minimum Gasteiger partial charge on any atom is -0.494 e. The van der Waals surface area contributed by atoms with Crippen LogP contribution in [0.3, 0.4) is 0 Å². The topological polar surface area (TPSA) is 80.2 Å². The van der Waals surface area contributed by atoms with Gasteiger partial charge in [0.1, 0.15) is 12.4 Å². The summed E-state index contributed by atoms with van der Waals surface area (Å²) in [7, 11) is 0. The average Bonchev–Trinajstić information content (AvgIpc) is 3.30. The minimum absolute atomic E-state index is 0.0632. The van der Waals surface area contributed by atoms with E-state index in [9.17, 15) is 9.18 Å². The van der Waals surface area contributed by atoms with Crippen LogP contribution in [0, 0.1) is 0 Å². The third-order valence-corrected chi connectivity index (χ3v) is 6.70. The first kappa shape index (κ1) is 25.9. The fraction of sp³-hybridized carbons (Fsp3) is 0.286. The van der Waals surface area contributed by atoms with Gasteiger partial charge in [-0.15, -0.1) is 0 Å². The van der Waals surface area contributed by atoms with Gasteiger partial charge in [-0.2, -0.15) is 0 Å². The van der Waals surface area contributed by atoms with E-state index in [2.05, 4.69) is 21.2 Å². The molecular weight excluding hydrogens is 527 g/mol. The summed E-state index contributed by atoms with van der Waals surface area (Å²) in [6, 6.07) is 24.4. The molecule has 0 bridgehead atoms. The molecule has 4 rings (SSSR count). The van der Waals surface area contributed by atoms with Crippen molar-refractivity contribution in [2.45, 2.75) is 24.5 Å². The molecule has 0 unspecified atom stereocenters. The normalized spacial score (nSPS) is 18.9. The highest BCUT2D eigenvalue weighted by atomic mass is 79.9. The van der Waals surface area contributed by atoms with Crippen LogP contribution in [-0.4, -0.2) is 48.9 Å². The number of aliphatic hydroxyl groups is 1. The number of carbonyl (C=O) groups excluding carboxylic acids is 1. The molecule has 2 atom stereocenters. The molecule has 36 heavy (non-hydrogen) atoms. The van der Waals surface area contributed by atoms with Crippen LogP contribution in [-0.2, 0) is 16.0 Å². The molecule has 0 aliphatic carbocycles. The molecule has 6 nitrogen and oxygen atoms in total. The van der Waals surface area contributed by atoms with Gasteiger partial charge in [0.2, 0.25) is 5.90 Å². The quantitative estimate of drug-likeness (QED) is 0.334. The molecule has 3 aromatic rings. The first-order valence-electron chi connectivity index (χ1n) is 11.8. The molecule has 0 saturated heterocycles. The van der Waals surface area contributed by atoms with Crippen LogP contribution in [0.15, 0.2) is 88.3 Å². The van der Waals surface area contributed by atoms with E-state index in [0.29, 0.717) is 30.2 Å². The predicted molar refractivity (Wildman–Crippen MR) is 140 cm³/mol. The van der Waals surface area contributed by atoms with Crippen molar-refractivity contribution in [2.24, 2.45) is 4.99 Å². The summed E-state index contributed by atoms with van der Waals surface area (Å²) in [6.45, 7) is -0.314. The van der Waals surface area contributed by atoms with Gasteiger partial charge in [0.05, 0.1) is 6.61 Å². The monoisotopic (exact) mass is 554 g/mol. The van der Waals surface area contributed by atoms with Gasteiger partial charge in [-0.3, -0.25) is 4.79 Å². The third kappa shape index (κ3) is 5.77. The lowest BCUT2D eigenvalue weighted by molar-refractivity contribution is -0.129. The molecular formula is C28H28BrFN2O4. The highest BCUT2D eigenvalue weighted by molar-refractivity contribution is 9.10. The van der Waals surface area contributed by atoms with Crippen molar-refractivity contribution in [3.05, 3.63) is 100 Å². The van der Waals surface area contributed by atoms with Gasteiger partial charge in [0, 0.05) is 36.0 Å². The smallest absolute Gasteiger partial charge is 0.252 e. The number of halogens is 2. The largest absolute Gasteiger partial charge is 0.494 e. The Morgan fingerprint density at radius 3 is 2.50 bits per heavy atom. The van der Waals surface area contributed by atoms with Crippen molar-refractivity contribution in [2.75, 3.05) is 26.4 Å². The molecule has 0 spiro atoms. The van der Waals surface area contributed by atoms with Crippen molar-refractivity contribution in [3.63, 3.8) is 0 Å². The number of rotatable bonds is 11. The molecule has 8 heteroatoms. The van der Waals surface area contributed by atoms with Gasteiger partial charge < -0.3 is 19.9 Å². The minimum atomic E-state index is -1.36. The summed E-state index contributed by atoms with van der Waals surface area (Å²) in [5.41, 5.74) is 1.02. The molecule has 3 aromatic carbocycles. The summed E-state index contributed by atoms with van der Waals surface area (Å²) < 4.78 is 25.9. The van der Waals surface area contributed by atoms with Crippen LogP contribution in [0.4, 0.5) is 4.39 Å². The van der Waals surface area contributed by atoms with E-state index >= 15 is 0 Å². The van der Waals surface area contributed by atoms with Crippen LogP contribution < -0.4 is 10.1 Å². The number of hydrogen-bond donors (Lipinski definition) is 2. The first-order chi connectivity index (χ1) is 17.6. The maximum atomic E-state index is 13.7. The Labute approximate surface area is 218 Å². The number of carbonyl (C=O) groups is 1. The number of nitrogens with zero attached hydrogens (tertiary/aromatic N) is 1. The van der Waals surface area contributed by atoms with E-state index in [1.165, 1.54) is 0 Å². The summed E-state index contributed by atoms with van der Waals surface area (Å²) in [5.74, 6) is 0.586. The van der Waals surface area contributed by atoms with Gasteiger partial charge >= 0.3 is 0 Å². The third-order valence-electron chi connectivity index (χ3n) is 5.93. The van der Waals surface area contributed by atoms with Crippen LogP contribution >= 0.6 is 15.9 Å². The van der Waals surface area contributed by atoms with E-state index in [1.54, 1.807) is 12.1 Å². The summed E-state index contributed by atoms with van der Waals surface area (Å²) in [5, 5.41) is 11.7. The second-order valence-electron chi connectivity index (χ2n) is 8.41. The summed E-state index contributed by atoms with van der Waals surface area (Å²) in [6.07, 6.45) is 0.0701. The maximum Gasteiger partial charge on any atom is 0.252 e. The van der Waals surface area contributed by atoms with E-state index in [-0.39, 0.29) is 19.6 Å². The van der Waals surface area contributed by atoms with Crippen LogP contribution in [0.25, 0.3) is 0 Å². The zero-order chi connectivity index (χ0) is 25.4. The number of aliphatic hydroxyl groups excluding tert-OH is 1. The molecule has 2 N–H and O–H groups in total. The Bertz CT molecular complexity index is 1190. The van der Waals surface area contributed by atoms with Crippen molar-refractivity contribution < 1.29 is 23.8 Å². The number of hydrogen-bond acceptors (Lipinski definition) is 5. The van der Waals surface area contributed by atoms with Gasteiger partial charge in [-0.25, -0.2) is 9.38 Å². The Kier molecular flexibility index (Phi) is 8.72. The molecule has 0 radical (unpaired) electrons. The van der Waals surface area contributed by atoms with Gasteiger partial charge in [0.25, 0.3) is 5.91 Å². The SMILES string of the molecule is O=C(NCCF)[C@]1(Cc2ccccc2Br)N=C(c2ccc(OCCCO)cc2)O[C@@H]1c1ccccc1. The fourth-order valence-electron chi connectivity index (χ4n) is 4.16. The average molecular weight is 555 g/mol. The lowest BCUT2D eigenvalue weighted by Crippen LogP contribution is -2.50. The molecule has 0 aromatic heterocycles. The zero-order valence-electron chi connectivity index (χ0n) is 19.7. The second-order valence-corrected chi connectivity index (χ2v) is 9.27. The standard InChI is InChI=1S/C28H28BrFN2O4/c29-24-10-5-4-9-22(24)19-28(27(34)31-16-15-30)25(20-7-2-1-3-8-20)36-26(32-28)21-11-13-23(14-12-21)35-18-6-17-33/h1-5,7-14,25,33H,6,15-19H2,(H,31,34)/t25-,28-/m1/s1. The van der Waals surface area contributed by atoms with Gasteiger partial charge in [0.15, 0.2) is 11.6 Å². The van der Waals surface area contributed by atoms with Crippen LogP contribution in [0.5, 0.6) is 5.75 Å². The first-order valence-corrected chi connectivity index (χ1v) is 12.6. The maximum absolute atomic E-state index is 13.7. The van der Waals surface area contributed by atoms with Crippen LogP contribution in [0.1, 0.15) is 29.2 Å². The number of alkyl halides is 1. The molecule has 1 amide bonds. The van der Waals surface area contributed by atoms with Crippen molar-refractivity contribution in [1.82, 2.24) is 5.32 Å². The highest BCUT2D eigenvalue weighted by Crippen LogP contribution is 2.43. The van der Waals surface area contributed by atoms with E-state index in [0.717, 1.165) is 15.6 Å². The Hall–Kier alpha value is -3.23. The van der Waals surface area contributed by atoms with Crippen molar-refractivity contribution in [3.8, 4) is 5.75 Å². The molecule has 0 saturated carbocycles. The number of ether oxygens (including phenoxy) is 2. The Morgan fingerprint density at radius 1 is 1.08 bits per heavy atom. The fourth-order valence-corrected chi connectivity index (χ4v) is 4.58. The van der Waals surface area contributed by atoms with Crippen LogP contribution in [0.2, 0.25) is 0 Å². The van der Waals surface area contributed by atoms with Crippen molar-refractivity contribution in [1.29, 1.82) is 0 Å². The molecule has 0 fully saturated rings. The lowest BCUT2D eigenvalue weighted by Gasteiger charge is -2.31. The number of aliphatic imine (C=N–C) groups is 1. The lowest BCUT2D eigenvalue weighted by atomic mass is 9.82. The Morgan fingerprint density at radius 2 is 1.81 bits per heavy atom. The summed E-state index contributed by atoms with van der Waals surface area (Å²) in [4.78, 5) is 18.6. The van der Waals surface area contributed by atoms with Crippen molar-refractivity contribution >= 4 is 27.7 Å². The predicted octanol–water partition coefficient (Wildman–Crippen LogP) is 4.80. The number of benzene rings is 3. The zero-order valence-corrected chi connectivity index (χ0v) is 21.3. The van der Waals surface area contributed by atoms with E-state index < -0.39 is 24.2 Å². The number of nitrogens with one attached hydrogen (secondary N) is 1. The molecule has 1 aliphatic heterocycles. The van der Waals surface area contributed by atoms with E-state index in [1.807, 2.05) is 66.7 Å². The number of amides is 1. The highest BCUT2D eigenvalue weighted by Gasteiger charge is 2.53. The molecule has 188 valence electrons. The van der Waals surface area contributed by atoms with Gasteiger partial charge in [-0.05, 0) is 41.5 Å². The molecule has 1 heterocycles. The van der Waals surface area contributed by atoms with E-state index in [4.69, 9.17) is 19.6 Å². The molecule has 1 aliphatic rings. The second kappa shape index (κ2) is 12.1.